The highest BCUT2D eigenvalue weighted by Crippen LogP contribution is 2.39. The van der Waals surface area contributed by atoms with Crippen LogP contribution >= 0.6 is 34.5 Å². The molecule has 0 amide bonds. The van der Waals surface area contributed by atoms with Crippen molar-refractivity contribution in [3.8, 4) is 5.00 Å². The van der Waals surface area contributed by atoms with E-state index in [2.05, 4.69) is 31.0 Å². The van der Waals surface area contributed by atoms with Crippen LogP contribution in [0.4, 0.5) is 0 Å². The lowest BCUT2D eigenvalue weighted by Crippen LogP contribution is -2.27. The maximum atomic E-state index is 6.14. The number of aryl methyl sites for hydroxylation is 2. The SMILES string of the molecule is Cc1nsc2c1C(c1ccc(Cl)cc1)=NC(C)(Cc1nccs1)c1nnc(C)n1-2. The molecule has 1 unspecified atom stereocenters. The van der Waals surface area contributed by atoms with Gasteiger partial charge in [-0.3, -0.25) is 9.56 Å². The first kappa shape index (κ1) is 18.6. The molecule has 4 aromatic rings. The quantitative estimate of drug-likeness (QED) is 0.460. The van der Waals surface area contributed by atoms with Crippen molar-refractivity contribution >= 4 is 40.2 Å². The van der Waals surface area contributed by atoms with Crippen LogP contribution in [0.1, 0.15) is 40.4 Å². The number of benzene rings is 1. The van der Waals surface area contributed by atoms with Crippen LogP contribution < -0.4 is 0 Å². The lowest BCUT2D eigenvalue weighted by Gasteiger charge is -2.23. The minimum absolute atomic E-state index is 0.626. The topological polar surface area (TPSA) is 68.8 Å². The first-order valence-corrected chi connectivity index (χ1v) is 11.1. The molecule has 0 bridgehead atoms. The Labute approximate surface area is 181 Å². The summed E-state index contributed by atoms with van der Waals surface area (Å²) in [6.45, 7) is 6.08. The predicted octanol–water partition coefficient (Wildman–Crippen LogP) is 4.76. The normalized spacial score (nSPS) is 18.1. The molecule has 5 rings (SSSR count). The van der Waals surface area contributed by atoms with Gasteiger partial charge in [0.05, 0.1) is 22.0 Å². The number of thiazole rings is 1. The molecule has 1 aliphatic heterocycles. The molecule has 1 aromatic carbocycles. The van der Waals surface area contributed by atoms with E-state index in [1.165, 1.54) is 11.5 Å². The van der Waals surface area contributed by atoms with Crippen LogP contribution in [0.15, 0.2) is 40.8 Å². The van der Waals surface area contributed by atoms with Crippen LogP contribution in [-0.2, 0) is 12.0 Å². The Morgan fingerprint density at radius 3 is 2.66 bits per heavy atom. The molecule has 9 heteroatoms. The number of halogens is 1. The molecule has 1 aliphatic rings. The Morgan fingerprint density at radius 1 is 1.14 bits per heavy atom. The summed E-state index contributed by atoms with van der Waals surface area (Å²) >= 11 is 9.22. The molecule has 0 radical (unpaired) electrons. The van der Waals surface area contributed by atoms with Gasteiger partial charge >= 0.3 is 0 Å². The number of hydrogen-bond acceptors (Lipinski definition) is 7. The van der Waals surface area contributed by atoms with Crippen molar-refractivity contribution < 1.29 is 0 Å². The van der Waals surface area contributed by atoms with Gasteiger partial charge in [0.15, 0.2) is 5.82 Å². The van der Waals surface area contributed by atoms with Crippen molar-refractivity contribution in [3.63, 3.8) is 0 Å². The monoisotopic (exact) mass is 440 g/mol. The van der Waals surface area contributed by atoms with E-state index >= 15 is 0 Å². The minimum atomic E-state index is -0.626. The number of fused-ring (bicyclic) bond motifs is 3. The van der Waals surface area contributed by atoms with Crippen molar-refractivity contribution in [1.29, 1.82) is 0 Å². The molecule has 3 aromatic heterocycles. The highest BCUT2D eigenvalue weighted by Gasteiger charge is 2.39. The van der Waals surface area contributed by atoms with E-state index in [1.807, 2.05) is 49.7 Å². The van der Waals surface area contributed by atoms with E-state index in [9.17, 15) is 0 Å². The second-order valence-electron chi connectivity index (χ2n) is 7.20. The Kier molecular flexibility index (Phi) is 4.38. The number of nitrogens with zero attached hydrogens (tertiary/aromatic N) is 6. The van der Waals surface area contributed by atoms with Gasteiger partial charge in [-0.1, -0.05) is 23.7 Å². The summed E-state index contributed by atoms with van der Waals surface area (Å²) in [5.74, 6) is 1.63. The second-order valence-corrected chi connectivity index (χ2v) is 9.37. The van der Waals surface area contributed by atoms with E-state index in [0.717, 1.165) is 44.2 Å². The van der Waals surface area contributed by atoms with Crippen molar-refractivity contribution in [1.82, 2.24) is 24.1 Å². The smallest absolute Gasteiger partial charge is 0.166 e. The molecular weight excluding hydrogens is 424 g/mol. The van der Waals surface area contributed by atoms with E-state index in [1.54, 1.807) is 11.3 Å². The first-order chi connectivity index (χ1) is 14.0. The molecule has 146 valence electrons. The summed E-state index contributed by atoms with van der Waals surface area (Å²) in [6, 6.07) is 7.79. The molecular formula is C20H17ClN6S2. The van der Waals surface area contributed by atoms with Gasteiger partial charge in [-0.25, -0.2) is 4.98 Å². The minimum Gasteiger partial charge on any atom is -0.270 e. The average Bonchev–Trinajstić information content (AvgIpc) is 3.40. The molecule has 6 nitrogen and oxygen atoms in total. The van der Waals surface area contributed by atoms with Crippen molar-refractivity contribution in [2.24, 2.45) is 4.99 Å². The zero-order valence-corrected chi connectivity index (χ0v) is 18.4. The molecule has 4 heterocycles. The average molecular weight is 441 g/mol. The van der Waals surface area contributed by atoms with Gasteiger partial charge in [0.1, 0.15) is 16.4 Å². The second kappa shape index (κ2) is 6.83. The van der Waals surface area contributed by atoms with Gasteiger partial charge in [-0.05, 0) is 44.4 Å². The predicted molar refractivity (Wildman–Crippen MR) is 117 cm³/mol. The summed E-state index contributed by atoms with van der Waals surface area (Å²) in [4.78, 5) is 9.79. The van der Waals surface area contributed by atoms with Crippen LogP contribution in [-0.4, -0.2) is 29.8 Å². The van der Waals surface area contributed by atoms with E-state index in [4.69, 9.17) is 16.6 Å². The fraction of sp³-hybridized carbons (Fsp3) is 0.250. The van der Waals surface area contributed by atoms with E-state index < -0.39 is 5.54 Å². The molecule has 0 saturated heterocycles. The number of rotatable bonds is 3. The van der Waals surface area contributed by atoms with Gasteiger partial charge in [-0.2, -0.15) is 4.37 Å². The maximum Gasteiger partial charge on any atom is 0.166 e. The third-order valence-electron chi connectivity index (χ3n) is 5.05. The van der Waals surface area contributed by atoms with Crippen LogP contribution in [0.3, 0.4) is 0 Å². The zero-order chi connectivity index (χ0) is 20.2. The Bertz CT molecular complexity index is 1220. The Balaban J connectivity index is 1.81. The molecule has 0 N–H and O–H groups in total. The summed E-state index contributed by atoms with van der Waals surface area (Å²) < 4.78 is 6.72. The van der Waals surface area contributed by atoms with Crippen molar-refractivity contribution in [3.05, 3.63) is 74.3 Å². The number of aliphatic imine (C=N–C) groups is 1. The fourth-order valence-electron chi connectivity index (χ4n) is 3.66. The molecule has 0 saturated carbocycles. The lowest BCUT2D eigenvalue weighted by atomic mass is 9.96. The van der Waals surface area contributed by atoms with Gasteiger partial charge in [-0.15, -0.1) is 21.5 Å². The first-order valence-electron chi connectivity index (χ1n) is 9.10. The Hall–Kier alpha value is -2.42. The molecule has 0 spiro atoms. The number of hydrogen-bond donors (Lipinski definition) is 0. The summed E-state index contributed by atoms with van der Waals surface area (Å²) in [6.07, 6.45) is 2.46. The maximum absolute atomic E-state index is 6.14. The third kappa shape index (κ3) is 3.02. The lowest BCUT2D eigenvalue weighted by molar-refractivity contribution is 0.456. The van der Waals surface area contributed by atoms with Crippen LogP contribution in [0.2, 0.25) is 5.02 Å². The van der Waals surface area contributed by atoms with Gasteiger partial charge in [0.25, 0.3) is 0 Å². The molecule has 0 aliphatic carbocycles. The van der Waals surface area contributed by atoms with Crippen LogP contribution in [0, 0.1) is 13.8 Å². The van der Waals surface area contributed by atoms with Gasteiger partial charge in [0, 0.05) is 28.6 Å². The van der Waals surface area contributed by atoms with Gasteiger partial charge < -0.3 is 0 Å². The van der Waals surface area contributed by atoms with Crippen LogP contribution in [0.5, 0.6) is 0 Å². The summed E-state index contributed by atoms with van der Waals surface area (Å²) in [5, 5.41) is 13.6. The molecule has 29 heavy (non-hydrogen) atoms. The highest BCUT2D eigenvalue weighted by atomic mass is 35.5. The van der Waals surface area contributed by atoms with E-state index in [0.29, 0.717) is 11.4 Å². The number of aromatic nitrogens is 5. The highest BCUT2D eigenvalue weighted by molar-refractivity contribution is 7.09. The molecule has 0 fully saturated rings. The summed E-state index contributed by atoms with van der Waals surface area (Å²) in [5.41, 5.74) is 3.23. The van der Waals surface area contributed by atoms with Crippen molar-refractivity contribution in [2.75, 3.05) is 0 Å². The molecule has 1 atom stereocenters. The fourth-order valence-corrected chi connectivity index (χ4v) is 5.50. The van der Waals surface area contributed by atoms with Gasteiger partial charge in [0.2, 0.25) is 0 Å². The van der Waals surface area contributed by atoms with Crippen LogP contribution in [0.25, 0.3) is 5.00 Å². The summed E-state index contributed by atoms with van der Waals surface area (Å²) in [7, 11) is 0. The van der Waals surface area contributed by atoms with Crippen molar-refractivity contribution in [2.45, 2.75) is 32.7 Å². The standard InChI is InChI=1S/C20H17ClN6S2/c1-11-16-17(13-4-6-14(21)7-5-13)23-20(3,10-15-22-8-9-28-15)19-25-24-12(2)27(19)18(16)29-26-11/h4-9H,10H2,1-3H3. The zero-order valence-electron chi connectivity index (χ0n) is 16.0. The Morgan fingerprint density at radius 2 is 1.93 bits per heavy atom. The third-order valence-corrected chi connectivity index (χ3v) is 7.00. The largest absolute Gasteiger partial charge is 0.270 e. The van der Waals surface area contributed by atoms with E-state index in [-0.39, 0.29) is 0 Å².